The van der Waals surface area contributed by atoms with Crippen LogP contribution in [0.25, 0.3) is 11.0 Å². The van der Waals surface area contributed by atoms with Crippen molar-refractivity contribution in [3.8, 4) is 23.1 Å². The second-order valence-electron chi connectivity index (χ2n) is 6.10. The van der Waals surface area contributed by atoms with Gasteiger partial charge in [-0.25, -0.2) is 4.98 Å². The van der Waals surface area contributed by atoms with Gasteiger partial charge in [-0.15, -0.1) is 13.2 Å². The van der Waals surface area contributed by atoms with E-state index in [1.54, 1.807) is 19.1 Å². The Hall–Kier alpha value is -3.36. The molecule has 0 bridgehead atoms. The summed E-state index contributed by atoms with van der Waals surface area (Å²) in [6.07, 6.45) is -4.11. The molecule has 6 nitrogen and oxygen atoms in total. The number of nitrogens with zero attached hydrogens (tertiary/aromatic N) is 2. The number of rotatable bonds is 5. The van der Waals surface area contributed by atoms with E-state index >= 15 is 0 Å². The van der Waals surface area contributed by atoms with Crippen LogP contribution in [0.4, 0.5) is 13.2 Å². The highest BCUT2D eigenvalue weighted by Crippen LogP contribution is 2.32. The predicted molar refractivity (Wildman–Crippen MR) is 98.2 cm³/mol. The third-order valence-corrected chi connectivity index (χ3v) is 3.95. The maximum Gasteiger partial charge on any atom is 0.573 e. The van der Waals surface area contributed by atoms with Gasteiger partial charge < -0.3 is 14.2 Å². The van der Waals surface area contributed by atoms with Gasteiger partial charge in [0.05, 0.1) is 5.52 Å². The molecule has 0 aliphatic rings. The van der Waals surface area contributed by atoms with Crippen molar-refractivity contribution in [2.75, 3.05) is 0 Å². The van der Waals surface area contributed by atoms with Crippen molar-refractivity contribution in [1.82, 2.24) is 9.97 Å². The smallest absolute Gasteiger partial charge is 0.439 e. The van der Waals surface area contributed by atoms with Crippen molar-refractivity contribution in [2.24, 2.45) is 0 Å². The fourth-order valence-electron chi connectivity index (χ4n) is 2.73. The van der Waals surface area contributed by atoms with Crippen molar-refractivity contribution in [2.45, 2.75) is 33.6 Å². The molecule has 0 fully saturated rings. The topological polar surface area (TPSA) is 70.5 Å². The molecule has 3 rings (SSSR count). The molecule has 0 N–H and O–H groups in total. The minimum Gasteiger partial charge on any atom is -0.439 e. The highest BCUT2D eigenvalue weighted by molar-refractivity contribution is 5.86. The fraction of sp³-hybridized carbons (Fsp3) is 0.250. The van der Waals surface area contributed by atoms with Crippen molar-refractivity contribution < 1.29 is 32.2 Å². The molecule has 0 aliphatic heterocycles. The summed E-state index contributed by atoms with van der Waals surface area (Å²) in [4.78, 5) is 20.4. The molecule has 0 spiro atoms. The normalized spacial score (nSPS) is 11.4. The van der Waals surface area contributed by atoms with Gasteiger partial charge in [0.15, 0.2) is 5.75 Å². The van der Waals surface area contributed by atoms with E-state index in [-0.39, 0.29) is 17.4 Å². The van der Waals surface area contributed by atoms with E-state index in [1.807, 2.05) is 6.92 Å². The zero-order valence-electron chi connectivity index (χ0n) is 15.8. The number of aryl methyl sites for hydroxylation is 1. The van der Waals surface area contributed by atoms with Crippen LogP contribution in [0.2, 0.25) is 0 Å². The first-order valence-corrected chi connectivity index (χ1v) is 8.68. The molecule has 9 heteroatoms. The number of hydrogen-bond donors (Lipinski definition) is 0. The standard InChI is InChI=1S/C20H17F3N2O4/c1-4-15-11(2)19(27-12(3)26)18-16(24-15)9-10-17(25-18)28-13-5-7-14(8-6-13)29-20(21,22)23/h5-10H,4H2,1-3H3. The Kier molecular flexibility index (Phi) is 5.58. The number of pyridine rings is 2. The molecule has 0 atom stereocenters. The number of ether oxygens (including phenoxy) is 3. The summed E-state index contributed by atoms with van der Waals surface area (Å²) in [5, 5.41) is 0. The second kappa shape index (κ2) is 7.94. The lowest BCUT2D eigenvalue weighted by molar-refractivity contribution is -0.274. The van der Waals surface area contributed by atoms with Crippen molar-refractivity contribution >= 4 is 17.0 Å². The number of aromatic nitrogens is 2. The van der Waals surface area contributed by atoms with Crippen molar-refractivity contribution in [1.29, 1.82) is 0 Å². The monoisotopic (exact) mass is 406 g/mol. The number of esters is 1. The van der Waals surface area contributed by atoms with Gasteiger partial charge in [0.1, 0.15) is 17.0 Å². The predicted octanol–water partition coefficient (Wildman–Crippen LogP) is 5.12. The van der Waals surface area contributed by atoms with Gasteiger partial charge in [0.25, 0.3) is 0 Å². The van der Waals surface area contributed by atoms with E-state index in [2.05, 4.69) is 14.7 Å². The Bertz CT molecular complexity index is 1050. The lowest BCUT2D eigenvalue weighted by atomic mass is 10.1. The molecule has 1 aromatic carbocycles. The molecule has 0 amide bonds. The molecule has 0 unspecified atom stereocenters. The summed E-state index contributed by atoms with van der Waals surface area (Å²) in [5.74, 6) is -0.119. The van der Waals surface area contributed by atoms with E-state index in [0.717, 1.165) is 17.8 Å². The maximum absolute atomic E-state index is 12.2. The number of carbonyl (C=O) groups excluding carboxylic acids is 1. The van der Waals surface area contributed by atoms with E-state index < -0.39 is 12.3 Å². The van der Waals surface area contributed by atoms with Gasteiger partial charge in [-0.05, 0) is 43.7 Å². The van der Waals surface area contributed by atoms with E-state index in [4.69, 9.17) is 9.47 Å². The summed E-state index contributed by atoms with van der Waals surface area (Å²) in [5.41, 5.74) is 2.37. The third kappa shape index (κ3) is 4.92. The molecule has 29 heavy (non-hydrogen) atoms. The Morgan fingerprint density at radius 3 is 2.28 bits per heavy atom. The number of alkyl halides is 3. The minimum atomic E-state index is -4.77. The van der Waals surface area contributed by atoms with Crippen LogP contribution < -0.4 is 14.2 Å². The Labute approximate surface area is 164 Å². The fourth-order valence-corrected chi connectivity index (χ4v) is 2.73. The van der Waals surface area contributed by atoms with Crippen LogP contribution >= 0.6 is 0 Å². The molecule has 2 aromatic heterocycles. The van der Waals surface area contributed by atoms with Crippen LogP contribution in [0.1, 0.15) is 25.1 Å². The molecule has 0 aliphatic carbocycles. The van der Waals surface area contributed by atoms with Crippen molar-refractivity contribution in [3.63, 3.8) is 0 Å². The number of hydrogen-bond acceptors (Lipinski definition) is 6. The van der Waals surface area contributed by atoms with Crippen LogP contribution in [0, 0.1) is 6.92 Å². The number of benzene rings is 1. The lowest BCUT2D eigenvalue weighted by Gasteiger charge is -2.13. The van der Waals surface area contributed by atoms with Gasteiger partial charge >= 0.3 is 12.3 Å². The van der Waals surface area contributed by atoms with E-state index in [0.29, 0.717) is 28.8 Å². The molecule has 3 aromatic rings. The van der Waals surface area contributed by atoms with Crippen LogP contribution in [-0.4, -0.2) is 22.3 Å². The molecule has 152 valence electrons. The Morgan fingerprint density at radius 2 is 1.69 bits per heavy atom. The highest BCUT2D eigenvalue weighted by atomic mass is 19.4. The number of halogens is 3. The van der Waals surface area contributed by atoms with Crippen LogP contribution in [0.3, 0.4) is 0 Å². The third-order valence-electron chi connectivity index (χ3n) is 3.95. The minimum absolute atomic E-state index is 0.167. The first kappa shape index (κ1) is 20.4. The van der Waals surface area contributed by atoms with Crippen molar-refractivity contribution in [3.05, 3.63) is 47.7 Å². The Morgan fingerprint density at radius 1 is 1.03 bits per heavy atom. The Balaban J connectivity index is 1.93. The molecule has 0 saturated heterocycles. The van der Waals surface area contributed by atoms with Gasteiger partial charge in [0.2, 0.25) is 5.88 Å². The zero-order valence-corrected chi connectivity index (χ0v) is 15.8. The molecule has 0 radical (unpaired) electrons. The van der Waals surface area contributed by atoms with Gasteiger partial charge in [-0.3, -0.25) is 9.78 Å². The first-order chi connectivity index (χ1) is 13.7. The summed E-state index contributed by atoms with van der Waals surface area (Å²) in [6, 6.07) is 8.15. The highest BCUT2D eigenvalue weighted by Gasteiger charge is 2.31. The van der Waals surface area contributed by atoms with Crippen LogP contribution in [0.5, 0.6) is 23.1 Å². The summed E-state index contributed by atoms with van der Waals surface area (Å²) < 4.78 is 51.5. The van der Waals surface area contributed by atoms with E-state index in [9.17, 15) is 18.0 Å². The SMILES string of the molecule is CCc1nc2ccc(Oc3ccc(OC(F)(F)F)cc3)nc2c(OC(C)=O)c1C. The summed E-state index contributed by atoms with van der Waals surface area (Å²) in [6.45, 7) is 5.02. The van der Waals surface area contributed by atoms with Crippen LogP contribution in [-0.2, 0) is 11.2 Å². The summed E-state index contributed by atoms with van der Waals surface area (Å²) in [7, 11) is 0. The van der Waals surface area contributed by atoms with Gasteiger partial charge in [-0.1, -0.05) is 6.92 Å². The molecular formula is C20H17F3N2O4. The quantitative estimate of drug-likeness (QED) is 0.548. The molecule has 0 saturated carbocycles. The van der Waals surface area contributed by atoms with E-state index in [1.165, 1.54) is 19.1 Å². The zero-order chi connectivity index (χ0) is 21.2. The first-order valence-electron chi connectivity index (χ1n) is 8.68. The maximum atomic E-state index is 12.2. The summed E-state index contributed by atoms with van der Waals surface area (Å²) >= 11 is 0. The van der Waals surface area contributed by atoms with Gasteiger partial charge in [-0.2, -0.15) is 0 Å². The molecular weight excluding hydrogens is 389 g/mol. The lowest BCUT2D eigenvalue weighted by Crippen LogP contribution is -2.16. The average Bonchev–Trinajstić information content (AvgIpc) is 2.64. The number of fused-ring (bicyclic) bond motifs is 1. The second-order valence-corrected chi connectivity index (χ2v) is 6.10. The molecule has 2 heterocycles. The van der Waals surface area contributed by atoms with Gasteiger partial charge in [0, 0.05) is 24.2 Å². The largest absolute Gasteiger partial charge is 0.573 e. The number of carbonyl (C=O) groups is 1. The van der Waals surface area contributed by atoms with Crippen LogP contribution in [0.15, 0.2) is 36.4 Å². The average molecular weight is 406 g/mol.